The molecule has 1 aliphatic rings. The van der Waals surface area contributed by atoms with Crippen LogP contribution in [0.15, 0.2) is 35.3 Å². The van der Waals surface area contributed by atoms with Crippen LogP contribution in [0.2, 0.25) is 0 Å². The highest BCUT2D eigenvalue weighted by molar-refractivity contribution is 5.80. The van der Waals surface area contributed by atoms with Crippen LogP contribution in [0.5, 0.6) is 0 Å². The van der Waals surface area contributed by atoms with Gasteiger partial charge in [-0.3, -0.25) is 4.99 Å². The number of nitrogens with one attached hydrogen (secondary N) is 2. The van der Waals surface area contributed by atoms with Crippen molar-refractivity contribution in [1.29, 1.82) is 0 Å². The molecule has 2 rings (SSSR count). The summed E-state index contributed by atoms with van der Waals surface area (Å²) in [6.45, 7) is 7.22. The van der Waals surface area contributed by atoms with Crippen LogP contribution in [0.25, 0.3) is 0 Å². The van der Waals surface area contributed by atoms with E-state index in [0.717, 1.165) is 32.1 Å². The van der Waals surface area contributed by atoms with E-state index in [9.17, 15) is 0 Å². The molecule has 0 saturated carbocycles. The minimum atomic E-state index is 0.152. The van der Waals surface area contributed by atoms with Crippen LogP contribution in [0.1, 0.15) is 31.9 Å². The zero-order valence-corrected chi connectivity index (χ0v) is 14.4. The molecule has 1 aliphatic heterocycles. The van der Waals surface area contributed by atoms with Gasteiger partial charge >= 0.3 is 0 Å². The molecular weight excluding hydrogens is 290 g/mol. The maximum atomic E-state index is 5.93. The second kappa shape index (κ2) is 9.53. The highest BCUT2D eigenvalue weighted by Crippen LogP contribution is 2.34. The summed E-state index contributed by atoms with van der Waals surface area (Å²) in [5, 5.41) is 6.66. The van der Waals surface area contributed by atoms with Gasteiger partial charge in [-0.15, -0.1) is 0 Å². The fourth-order valence-corrected chi connectivity index (χ4v) is 2.89. The molecule has 0 aromatic heterocycles. The van der Waals surface area contributed by atoms with Gasteiger partial charge in [0.15, 0.2) is 5.96 Å². The molecule has 3 unspecified atom stereocenters. The number of nitrogens with zero attached hydrogens (tertiary/aromatic N) is 1. The lowest BCUT2D eigenvalue weighted by Gasteiger charge is -2.20. The summed E-state index contributed by atoms with van der Waals surface area (Å²) in [6, 6.07) is 10.7. The topological polar surface area (TPSA) is 54.9 Å². The minimum absolute atomic E-state index is 0.152. The molecule has 5 nitrogen and oxygen atoms in total. The molecule has 128 valence electrons. The molecular formula is C18H29N3O2. The highest BCUT2D eigenvalue weighted by Gasteiger charge is 2.29. The lowest BCUT2D eigenvalue weighted by molar-refractivity contribution is 0.0925. The van der Waals surface area contributed by atoms with Crippen molar-refractivity contribution in [3.05, 3.63) is 35.9 Å². The smallest absolute Gasteiger partial charge is 0.191 e. The monoisotopic (exact) mass is 319 g/mol. The van der Waals surface area contributed by atoms with E-state index in [1.807, 2.05) is 6.07 Å². The van der Waals surface area contributed by atoms with E-state index in [-0.39, 0.29) is 12.1 Å². The Morgan fingerprint density at radius 3 is 2.87 bits per heavy atom. The SMILES string of the molecule is CCNC(=NCC1CCOC1c1ccccc1)NC(C)COC. The van der Waals surface area contributed by atoms with Gasteiger partial charge in [0.25, 0.3) is 0 Å². The number of hydrogen-bond donors (Lipinski definition) is 2. The second-order valence-corrected chi connectivity index (χ2v) is 5.97. The molecule has 0 spiro atoms. The largest absolute Gasteiger partial charge is 0.383 e. The summed E-state index contributed by atoms with van der Waals surface area (Å²) in [5.41, 5.74) is 1.25. The first-order valence-corrected chi connectivity index (χ1v) is 8.45. The molecule has 0 bridgehead atoms. The standard InChI is InChI=1S/C18H29N3O2/c1-4-19-18(21-14(2)13-22-3)20-12-16-10-11-23-17(16)15-8-6-5-7-9-15/h5-9,14,16-17H,4,10-13H2,1-3H3,(H2,19,20,21). The Morgan fingerprint density at radius 1 is 1.39 bits per heavy atom. The van der Waals surface area contributed by atoms with E-state index in [2.05, 4.69) is 48.7 Å². The van der Waals surface area contributed by atoms with Gasteiger partial charge in [-0.05, 0) is 25.8 Å². The van der Waals surface area contributed by atoms with Crippen molar-refractivity contribution >= 4 is 5.96 Å². The van der Waals surface area contributed by atoms with Crippen LogP contribution in [0, 0.1) is 5.92 Å². The van der Waals surface area contributed by atoms with E-state index in [4.69, 9.17) is 14.5 Å². The average Bonchev–Trinajstić information content (AvgIpc) is 3.02. The lowest BCUT2D eigenvalue weighted by atomic mass is 9.95. The first-order chi connectivity index (χ1) is 11.2. The highest BCUT2D eigenvalue weighted by atomic mass is 16.5. The molecule has 0 aliphatic carbocycles. The third-order valence-electron chi connectivity index (χ3n) is 3.97. The summed E-state index contributed by atoms with van der Waals surface area (Å²) in [5.74, 6) is 1.27. The van der Waals surface area contributed by atoms with Crippen molar-refractivity contribution in [2.75, 3.05) is 33.4 Å². The molecule has 5 heteroatoms. The number of benzene rings is 1. The van der Waals surface area contributed by atoms with E-state index in [0.29, 0.717) is 12.5 Å². The van der Waals surface area contributed by atoms with E-state index < -0.39 is 0 Å². The number of hydrogen-bond acceptors (Lipinski definition) is 3. The number of methoxy groups -OCH3 is 1. The van der Waals surface area contributed by atoms with Gasteiger partial charge in [0, 0.05) is 38.8 Å². The van der Waals surface area contributed by atoms with Crippen LogP contribution in [-0.4, -0.2) is 45.4 Å². The molecule has 2 N–H and O–H groups in total. The fraction of sp³-hybridized carbons (Fsp3) is 0.611. The third-order valence-corrected chi connectivity index (χ3v) is 3.97. The van der Waals surface area contributed by atoms with Gasteiger partial charge in [0.2, 0.25) is 0 Å². The van der Waals surface area contributed by atoms with Crippen LogP contribution in [-0.2, 0) is 9.47 Å². The molecule has 1 heterocycles. The summed E-state index contributed by atoms with van der Waals surface area (Å²) in [7, 11) is 1.71. The maximum Gasteiger partial charge on any atom is 0.191 e. The minimum Gasteiger partial charge on any atom is -0.383 e. The van der Waals surface area contributed by atoms with Crippen molar-refractivity contribution in [2.24, 2.45) is 10.9 Å². The molecule has 0 radical (unpaired) electrons. The van der Waals surface area contributed by atoms with Gasteiger partial charge in [0.05, 0.1) is 12.7 Å². The van der Waals surface area contributed by atoms with Gasteiger partial charge in [0.1, 0.15) is 0 Å². The predicted octanol–water partition coefficient (Wildman–Crippen LogP) is 2.35. The maximum absolute atomic E-state index is 5.93. The molecule has 23 heavy (non-hydrogen) atoms. The molecule has 1 saturated heterocycles. The van der Waals surface area contributed by atoms with E-state index in [1.165, 1.54) is 5.56 Å². The Bertz CT molecular complexity index is 478. The number of guanidine groups is 1. The Labute approximate surface area is 139 Å². The summed E-state index contributed by atoms with van der Waals surface area (Å²) < 4.78 is 11.1. The van der Waals surface area contributed by atoms with Gasteiger partial charge in [-0.2, -0.15) is 0 Å². The zero-order valence-electron chi connectivity index (χ0n) is 14.4. The summed E-state index contributed by atoms with van der Waals surface area (Å²) in [4.78, 5) is 4.75. The Balaban J connectivity index is 1.97. The Kier molecular flexibility index (Phi) is 7.36. The molecule has 1 aromatic rings. The van der Waals surface area contributed by atoms with Gasteiger partial charge in [-0.25, -0.2) is 0 Å². The number of rotatable bonds is 7. The van der Waals surface area contributed by atoms with Crippen molar-refractivity contribution < 1.29 is 9.47 Å². The molecule has 0 amide bonds. The average molecular weight is 319 g/mol. The number of ether oxygens (including phenoxy) is 2. The van der Waals surface area contributed by atoms with Crippen LogP contribution >= 0.6 is 0 Å². The molecule has 1 fully saturated rings. The molecule has 3 atom stereocenters. The van der Waals surface area contributed by atoms with Crippen LogP contribution in [0.4, 0.5) is 0 Å². The van der Waals surface area contributed by atoms with Crippen LogP contribution < -0.4 is 10.6 Å². The first-order valence-electron chi connectivity index (χ1n) is 8.45. The van der Waals surface area contributed by atoms with Crippen molar-refractivity contribution in [1.82, 2.24) is 10.6 Å². The number of aliphatic imine (C=N–C) groups is 1. The predicted molar refractivity (Wildman–Crippen MR) is 93.7 cm³/mol. The van der Waals surface area contributed by atoms with E-state index >= 15 is 0 Å². The third kappa shape index (κ3) is 5.52. The lowest BCUT2D eigenvalue weighted by Crippen LogP contribution is -2.44. The van der Waals surface area contributed by atoms with Crippen LogP contribution in [0.3, 0.4) is 0 Å². The van der Waals surface area contributed by atoms with Gasteiger partial charge in [-0.1, -0.05) is 30.3 Å². The summed E-state index contributed by atoms with van der Waals surface area (Å²) >= 11 is 0. The zero-order chi connectivity index (χ0) is 16.5. The molecule has 1 aromatic carbocycles. The fourth-order valence-electron chi connectivity index (χ4n) is 2.89. The second-order valence-electron chi connectivity index (χ2n) is 5.97. The van der Waals surface area contributed by atoms with Crippen molar-refractivity contribution in [2.45, 2.75) is 32.4 Å². The van der Waals surface area contributed by atoms with Crippen molar-refractivity contribution in [3.63, 3.8) is 0 Å². The Morgan fingerprint density at radius 2 is 2.17 bits per heavy atom. The van der Waals surface area contributed by atoms with Crippen molar-refractivity contribution in [3.8, 4) is 0 Å². The first kappa shape index (κ1) is 17.8. The Hall–Kier alpha value is -1.59. The van der Waals surface area contributed by atoms with Gasteiger partial charge < -0.3 is 20.1 Å². The van der Waals surface area contributed by atoms with E-state index in [1.54, 1.807) is 7.11 Å². The summed E-state index contributed by atoms with van der Waals surface area (Å²) in [6.07, 6.45) is 1.20. The normalized spacial score (nSPS) is 22.8. The quantitative estimate of drug-likeness (QED) is 0.598.